The van der Waals surface area contributed by atoms with Crippen LogP contribution in [0.5, 0.6) is 0 Å². The number of rotatable bonds is 5. The minimum atomic E-state index is -0.820. The van der Waals surface area contributed by atoms with Crippen molar-refractivity contribution >= 4 is 40.7 Å². The highest BCUT2D eigenvalue weighted by Crippen LogP contribution is 2.41. The van der Waals surface area contributed by atoms with Crippen LogP contribution in [0.1, 0.15) is 25.3 Å². The molecule has 1 aliphatic carbocycles. The van der Waals surface area contributed by atoms with Crippen LogP contribution in [0.15, 0.2) is 23.5 Å². The van der Waals surface area contributed by atoms with Gasteiger partial charge >= 0.3 is 5.97 Å². The summed E-state index contributed by atoms with van der Waals surface area (Å²) < 4.78 is 2.16. The summed E-state index contributed by atoms with van der Waals surface area (Å²) in [6, 6.07) is 4.16. The SMILES string of the molecule is CSC1CCCC1n1c(SCC(=O)O)nc2cccnc21. The lowest BCUT2D eigenvalue weighted by Crippen LogP contribution is -2.17. The molecule has 5 nitrogen and oxygen atoms in total. The van der Waals surface area contributed by atoms with Gasteiger partial charge in [0.2, 0.25) is 0 Å². The van der Waals surface area contributed by atoms with Gasteiger partial charge in [0.1, 0.15) is 5.52 Å². The highest BCUT2D eigenvalue weighted by molar-refractivity contribution is 7.99. The lowest BCUT2D eigenvalue weighted by atomic mass is 10.2. The molecule has 0 aromatic carbocycles. The molecule has 0 aliphatic heterocycles. The first-order valence-electron chi connectivity index (χ1n) is 6.91. The van der Waals surface area contributed by atoms with E-state index in [2.05, 4.69) is 20.8 Å². The van der Waals surface area contributed by atoms with E-state index in [1.165, 1.54) is 24.6 Å². The number of carboxylic acid groups (broad SMARTS) is 1. The third-order valence-corrected chi connectivity index (χ3v) is 5.89. The van der Waals surface area contributed by atoms with Gasteiger partial charge in [-0.05, 0) is 31.2 Å². The average Bonchev–Trinajstić information content (AvgIpc) is 3.07. The molecule has 0 bridgehead atoms. The van der Waals surface area contributed by atoms with Gasteiger partial charge in [0.25, 0.3) is 0 Å². The maximum atomic E-state index is 10.9. The van der Waals surface area contributed by atoms with Gasteiger partial charge < -0.3 is 5.11 Å². The highest BCUT2D eigenvalue weighted by Gasteiger charge is 2.31. The predicted molar refractivity (Wildman–Crippen MR) is 86.1 cm³/mol. The first kappa shape index (κ1) is 14.7. The second-order valence-electron chi connectivity index (χ2n) is 5.07. The van der Waals surface area contributed by atoms with E-state index >= 15 is 0 Å². The molecular weight excluding hydrogens is 306 g/mol. The summed E-state index contributed by atoms with van der Waals surface area (Å²) in [6.07, 6.45) is 7.41. The highest BCUT2D eigenvalue weighted by atomic mass is 32.2. The Hall–Kier alpha value is -1.21. The average molecular weight is 323 g/mol. The van der Waals surface area contributed by atoms with Crippen molar-refractivity contribution in [2.45, 2.75) is 35.7 Å². The monoisotopic (exact) mass is 323 g/mol. The standard InChI is InChI=1S/C14H17N3O2S2/c1-20-11-6-2-5-10(11)17-13-9(4-3-7-15-13)16-14(17)21-8-12(18)19/h3-4,7,10-11H,2,5-6,8H2,1H3,(H,18,19). The Morgan fingerprint density at radius 2 is 2.38 bits per heavy atom. The van der Waals surface area contributed by atoms with Crippen LogP contribution in [-0.2, 0) is 4.79 Å². The van der Waals surface area contributed by atoms with Gasteiger partial charge in [0.05, 0.1) is 5.75 Å². The first-order chi connectivity index (χ1) is 10.2. The number of hydrogen-bond acceptors (Lipinski definition) is 5. The number of carboxylic acids is 1. The fourth-order valence-electron chi connectivity index (χ4n) is 2.91. The van der Waals surface area contributed by atoms with Crippen molar-refractivity contribution in [1.29, 1.82) is 0 Å². The van der Waals surface area contributed by atoms with Crippen LogP contribution >= 0.6 is 23.5 Å². The van der Waals surface area contributed by atoms with E-state index in [1.807, 2.05) is 23.9 Å². The molecule has 21 heavy (non-hydrogen) atoms. The fourth-order valence-corrected chi connectivity index (χ4v) is 4.66. The Bertz CT molecular complexity index is 659. The molecule has 0 spiro atoms. The molecule has 3 rings (SSSR count). The van der Waals surface area contributed by atoms with Crippen molar-refractivity contribution in [3.05, 3.63) is 18.3 Å². The van der Waals surface area contributed by atoms with Gasteiger partial charge in [-0.25, -0.2) is 9.97 Å². The number of fused-ring (bicyclic) bond motifs is 1. The lowest BCUT2D eigenvalue weighted by molar-refractivity contribution is -0.133. The summed E-state index contributed by atoms with van der Waals surface area (Å²) in [5, 5.41) is 10.3. The third kappa shape index (κ3) is 2.89. The zero-order valence-corrected chi connectivity index (χ0v) is 13.4. The predicted octanol–water partition coefficient (Wildman–Crippen LogP) is 3.06. The van der Waals surface area contributed by atoms with Crippen molar-refractivity contribution in [3.8, 4) is 0 Å². The Morgan fingerprint density at radius 3 is 3.14 bits per heavy atom. The van der Waals surface area contributed by atoms with Crippen LogP contribution in [0.4, 0.5) is 0 Å². The fraction of sp³-hybridized carbons (Fsp3) is 0.500. The molecule has 2 unspecified atom stereocenters. The summed E-state index contributed by atoms with van der Waals surface area (Å²) in [5.74, 6) is -0.792. The molecule has 1 fully saturated rings. The van der Waals surface area contributed by atoms with Crippen molar-refractivity contribution in [3.63, 3.8) is 0 Å². The van der Waals surface area contributed by atoms with Gasteiger partial charge in [0.15, 0.2) is 10.8 Å². The Kier molecular flexibility index (Phi) is 4.40. The Balaban J connectivity index is 2.04. The molecule has 1 saturated carbocycles. The molecule has 2 atom stereocenters. The van der Waals surface area contributed by atoms with Gasteiger partial charge in [-0.3, -0.25) is 9.36 Å². The molecule has 112 valence electrons. The van der Waals surface area contributed by atoms with E-state index in [4.69, 9.17) is 5.11 Å². The van der Waals surface area contributed by atoms with E-state index < -0.39 is 5.97 Å². The van der Waals surface area contributed by atoms with Crippen LogP contribution in [0.3, 0.4) is 0 Å². The van der Waals surface area contributed by atoms with Crippen LogP contribution in [0.25, 0.3) is 11.2 Å². The molecule has 0 saturated heterocycles. The van der Waals surface area contributed by atoms with E-state index in [0.29, 0.717) is 11.3 Å². The first-order valence-corrected chi connectivity index (χ1v) is 9.18. The van der Waals surface area contributed by atoms with E-state index in [1.54, 1.807) is 6.20 Å². The topological polar surface area (TPSA) is 68.0 Å². The van der Waals surface area contributed by atoms with Crippen molar-refractivity contribution in [1.82, 2.24) is 14.5 Å². The lowest BCUT2D eigenvalue weighted by Gasteiger charge is -2.21. The molecule has 7 heteroatoms. The van der Waals surface area contributed by atoms with E-state index in [-0.39, 0.29) is 5.75 Å². The van der Waals surface area contributed by atoms with Gasteiger partial charge in [0, 0.05) is 17.5 Å². The number of thioether (sulfide) groups is 2. The number of carbonyl (C=O) groups is 1. The van der Waals surface area contributed by atoms with Crippen molar-refractivity contribution < 1.29 is 9.90 Å². The maximum Gasteiger partial charge on any atom is 0.313 e. The van der Waals surface area contributed by atoms with Gasteiger partial charge in [-0.2, -0.15) is 11.8 Å². The molecule has 0 amide bonds. The summed E-state index contributed by atoms with van der Waals surface area (Å²) in [7, 11) is 0. The van der Waals surface area contributed by atoms with Crippen LogP contribution in [0, 0.1) is 0 Å². The summed E-state index contributed by atoms with van der Waals surface area (Å²) >= 11 is 3.16. The Morgan fingerprint density at radius 1 is 1.52 bits per heavy atom. The molecule has 2 aromatic rings. The van der Waals surface area contributed by atoms with Crippen molar-refractivity contribution in [2.75, 3.05) is 12.0 Å². The zero-order valence-electron chi connectivity index (χ0n) is 11.7. The number of aromatic nitrogens is 3. The molecule has 2 heterocycles. The normalized spacial score (nSPS) is 22.0. The third-order valence-electron chi connectivity index (χ3n) is 3.79. The summed E-state index contributed by atoms with van der Waals surface area (Å²) in [5.41, 5.74) is 1.72. The van der Waals surface area contributed by atoms with Crippen LogP contribution in [0.2, 0.25) is 0 Å². The Labute approximate surface area is 131 Å². The minimum Gasteiger partial charge on any atom is -0.481 e. The molecular formula is C14H17N3O2S2. The second kappa shape index (κ2) is 6.27. The second-order valence-corrected chi connectivity index (χ2v) is 7.08. The quantitative estimate of drug-likeness (QED) is 0.853. The number of pyridine rings is 1. The smallest absolute Gasteiger partial charge is 0.313 e. The van der Waals surface area contributed by atoms with Crippen molar-refractivity contribution in [2.24, 2.45) is 0 Å². The number of imidazole rings is 1. The van der Waals surface area contributed by atoms with Gasteiger partial charge in [-0.1, -0.05) is 18.2 Å². The number of nitrogens with zero attached hydrogens (tertiary/aromatic N) is 3. The van der Waals surface area contributed by atoms with E-state index in [9.17, 15) is 4.79 Å². The van der Waals surface area contributed by atoms with Crippen LogP contribution in [-0.4, -0.2) is 42.9 Å². The summed E-state index contributed by atoms with van der Waals surface area (Å²) in [6.45, 7) is 0. The van der Waals surface area contributed by atoms with Crippen LogP contribution < -0.4 is 0 Å². The molecule has 0 radical (unpaired) electrons. The minimum absolute atomic E-state index is 0.0278. The number of hydrogen-bond donors (Lipinski definition) is 1. The molecule has 2 aromatic heterocycles. The largest absolute Gasteiger partial charge is 0.481 e. The molecule has 1 N–H and O–H groups in total. The number of aliphatic carboxylic acids is 1. The van der Waals surface area contributed by atoms with E-state index in [0.717, 1.165) is 22.7 Å². The van der Waals surface area contributed by atoms with Gasteiger partial charge in [-0.15, -0.1) is 0 Å². The summed E-state index contributed by atoms with van der Waals surface area (Å²) in [4.78, 5) is 19.9. The maximum absolute atomic E-state index is 10.9. The molecule has 1 aliphatic rings. The zero-order chi connectivity index (χ0) is 14.8.